The molecule has 111 valence electrons. The Kier molecular flexibility index (Phi) is 16.9. The highest BCUT2D eigenvalue weighted by atomic mass is 14.5. The molecule has 19 heavy (non-hydrogen) atoms. The van der Waals surface area contributed by atoms with E-state index >= 15 is 0 Å². The minimum absolute atomic E-state index is 0.606. The predicted octanol–water partition coefficient (Wildman–Crippen LogP) is 6.08. The van der Waals surface area contributed by atoms with Crippen molar-refractivity contribution in [1.82, 2.24) is 5.73 Å². The Bertz CT molecular complexity index is 206. The molecule has 0 amide bonds. The second-order valence-corrected chi connectivity index (χ2v) is 5.33. The third-order valence-electron chi connectivity index (χ3n) is 3.38. The Labute approximate surface area is 121 Å². The number of hydrogen-bond donors (Lipinski definition) is 0. The van der Waals surface area contributed by atoms with Crippen LogP contribution in [0.15, 0.2) is 24.3 Å². The topological polar surface area (TPSA) is 23.8 Å². The van der Waals surface area contributed by atoms with Crippen LogP contribution in [0.3, 0.4) is 0 Å². The lowest BCUT2D eigenvalue weighted by Crippen LogP contribution is -1.85. The van der Waals surface area contributed by atoms with Crippen molar-refractivity contribution in [3.8, 4) is 0 Å². The van der Waals surface area contributed by atoms with Gasteiger partial charge in [-0.15, -0.1) is 0 Å². The first-order chi connectivity index (χ1) is 9.41. The Hall–Kier alpha value is -0.560. The molecule has 0 aromatic heterocycles. The maximum absolute atomic E-state index is 7.06. The highest BCUT2D eigenvalue weighted by molar-refractivity contribution is 4.92. The molecule has 1 N–H and O–H groups in total. The normalized spacial score (nSPS) is 11.9. The van der Waals surface area contributed by atoms with Crippen LogP contribution in [0.4, 0.5) is 0 Å². The second-order valence-electron chi connectivity index (χ2n) is 5.33. The molecule has 0 spiro atoms. The van der Waals surface area contributed by atoms with E-state index in [0.717, 1.165) is 12.8 Å². The second kappa shape index (κ2) is 17.4. The fraction of sp³-hybridized carbons (Fsp3) is 0.778. The van der Waals surface area contributed by atoms with Gasteiger partial charge in [0.1, 0.15) is 0 Å². The zero-order valence-corrected chi connectivity index (χ0v) is 13.0. The molecule has 1 radical (unpaired) electrons. The number of nitrogens with one attached hydrogen (secondary N) is 1. The van der Waals surface area contributed by atoms with Gasteiger partial charge < -0.3 is 0 Å². The van der Waals surface area contributed by atoms with E-state index in [2.05, 4.69) is 31.2 Å². The summed E-state index contributed by atoms with van der Waals surface area (Å²) in [5.41, 5.74) is 7.06. The van der Waals surface area contributed by atoms with Gasteiger partial charge in [-0.05, 0) is 38.5 Å². The molecule has 0 aliphatic heterocycles. The van der Waals surface area contributed by atoms with E-state index in [4.69, 9.17) is 5.73 Å². The Morgan fingerprint density at radius 1 is 0.632 bits per heavy atom. The van der Waals surface area contributed by atoms with E-state index in [0.29, 0.717) is 6.54 Å². The van der Waals surface area contributed by atoms with E-state index in [1.54, 1.807) is 0 Å². The van der Waals surface area contributed by atoms with Crippen molar-refractivity contribution in [3.05, 3.63) is 24.3 Å². The molecule has 0 saturated carbocycles. The van der Waals surface area contributed by atoms with E-state index in [-0.39, 0.29) is 0 Å². The molecule has 0 bridgehead atoms. The van der Waals surface area contributed by atoms with Gasteiger partial charge in [-0.3, -0.25) is 5.73 Å². The summed E-state index contributed by atoms with van der Waals surface area (Å²) in [6, 6.07) is 0. The van der Waals surface area contributed by atoms with Gasteiger partial charge in [-0.25, -0.2) is 0 Å². The first-order valence-electron chi connectivity index (χ1n) is 8.36. The van der Waals surface area contributed by atoms with Crippen LogP contribution in [0.5, 0.6) is 0 Å². The first-order valence-corrected chi connectivity index (χ1v) is 8.36. The molecule has 1 heteroatoms. The summed E-state index contributed by atoms with van der Waals surface area (Å²) in [4.78, 5) is 0. The summed E-state index contributed by atoms with van der Waals surface area (Å²) in [6.45, 7) is 2.86. The average Bonchev–Trinajstić information content (AvgIpc) is 2.43. The quantitative estimate of drug-likeness (QED) is 0.268. The van der Waals surface area contributed by atoms with Gasteiger partial charge in [0.25, 0.3) is 0 Å². The van der Waals surface area contributed by atoms with E-state index < -0.39 is 0 Å². The summed E-state index contributed by atoms with van der Waals surface area (Å²) in [6.07, 6.45) is 24.6. The Morgan fingerprint density at radius 2 is 1.16 bits per heavy atom. The SMILES string of the molecule is CCCCC/C=C/C/C=C/CCCCCCCC[NH]. The van der Waals surface area contributed by atoms with E-state index in [1.807, 2.05) is 0 Å². The molecule has 0 rings (SSSR count). The fourth-order valence-electron chi connectivity index (χ4n) is 2.11. The first kappa shape index (κ1) is 18.4. The lowest BCUT2D eigenvalue weighted by molar-refractivity contribution is 0.598. The summed E-state index contributed by atoms with van der Waals surface area (Å²) in [5, 5.41) is 0. The van der Waals surface area contributed by atoms with Gasteiger partial charge in [0.15, 0.2) is 0 Å². The number of hydrogen-bond acceptors (Lipinski definition) is 0. The van der Waals surface area contributed by atoms with Crippen molar-refractivity contribution in [2.45, 2.75) is 84.0 Å². The van der Waals surface area contributed by atoms with Crippen molar-refractivity contribution in [1.29, 1.82) is 0 Å². The highest BCUT2D eigenvalue weighted by Crippen LogP contribution is 2.07. The van der Waals surface area contributed by atoms with Gasteiger partial charge in [0, 0.05) is 6.54 Å². The monoisotopic (exact) mass is 264 g/mol. The van der Waals surface area contributed by atoms with Crippen LogP contribution in [-0.4, -0.2) is 6.54 Å². The largest absolute Gasteiger partial charge is 0.258 e. The van der Waals surface area contributed by atoms with Gasteiger partial charge in [0.05, 0.1) is 0 Å². The summed E-state index contributed by atoms with van der Waals surface area (Å²) in [7, 11) is 0. The standard InChI is InChI=1S/C18H34N/c1-2-3-4-5-6-7-8-9-10-11-12-13-14-15-16-17-18-19/h6-7,9-10,19H,2-5,8,11-18H2,1H3/b7-6+,10-9+. The Balaban J connectivity index is 3.12. The Morgan fingerprint density at radius 3 is 1.74 bits per heavy atom. The lowest BCUT2D eigenvalue weighted by Gasteiger charge is -1.98. The van der Waals surface area contributed by atoms with Crippen LogP contribution in [0.25, 0.3) is 0 Å². The number of unbranched alkanes of at least 4 members (excludes halogenated alkanes) is 9. The molecular weight excluding hydrogens is 230 g/mol. The fourth-order valence-corrected chi connectivity index (χ4v) is 2.11. The molecule has 0 saturated heterocycles. The molecule has 0 unspecified atom stereocenters. The molecule has 1 nitrogen and oxygen atoms in total. The molecular formula is C18H34N. The zero-order chi connectivity index (χ0) is 14.0. The molecule has 0 fully saturated rings. The molecule has 0 aromatic carbocycles. The van der Waals surface area contributed by atoms with E-state index in [1.165, 1.54) is 64.2 Å². The van der Waals surface area contributed by atoms with Gasteiger partial charge >= 0.3 is 0 Å². The van der Waals surface area contributed by atoms with Gasteiger partial charge in [0.2, 0.25) is 0 Å². The summed E-state index contributed by atoms with van der Waals surface area (Å²) >= 11 is 0. The van der Waals surface area contributed by atoms with Crippen molar-refractivity contribution in [2.24, 2.45) is 0 Å². The van der Waals surface area contributed by atoms with E-state index in [9.17, 15) is 0 Å². The van der Waals surface area contributed by atoms with Crippen molar-refractivity contribution < 1.29 is 0 Å². The molecule has 0 aliphatic rings. The maximum Gasteiger partial charge on any atom is 0.00997 e. The van der Waals surface area contributed by atoms with Crippen LogP contribution in [-0.2, 0) is 0 Å². The van der Waals surface area contributed by atoms with Crippen LogP contribution in [0.2, 0.25) is 0 Å². The number of rotatable bonds is 14. The van der Waals surface area contributed by atoms with Crippen LogP contribution in [0.1, 0.15) is 84.0 Å². The van der Waals surface area contributed by atoms with Gasteiger partial charge in [-0.1, -0.05) is 69.8 Å². The smallest absolute Gasteiger partial charge is 0.00997 e. The van der Waals surface area contributed by atoms with Crippen molar-refractivity contribution >= 4 is 0 Å². The predicted molar refractivity (Wildman–Crippen MR) is 87.3 cm³/mol. The molecule has 0 aromatic rings. The summed E-state index contributed by atoms with van der Waals surface area (Å²) < 4.78 is 0. The lowest BCUT2D eigenvalue weighted by atomic mass is 10.1. The maximum atomic E-state index is 7.06. The highest BCUT2D eigenvalue weighted by Gasteiger charge is 1.89. The zero-order valence-electron chi connectivity index (χ0n) is 13.0. The molecule has 0 aliphatic carbocycles. The van der Waals surface area contributed by atoms with Crippen LogP contribution in [0, 0.1) is 0 Å². The van der Waals surface area contributed by atoms with Crippen LogP contribution < -0.4 is 5.73 Å². The molecule has 0 heterocycles. The molecule has 0 atom stereocenters. The minimum atomic E-state index is 0.606. The third-order valence-corrected chi connectivity index (χ3v) is 3.38. The summed E-state index contributed by atoms with van der Waals surface area (Å²) in [5.74, 6) is 0. The van der Waals surface area contributed by atoms with Crippen LogP contribution >= 0.6 is 0 Å². The minimum Gasteiger partial charge on any atom is -0.258 e. The average molecular weight is 264 g/mol. The van der Waals surface area contributed by atoms with Gasteiger partial charge in [-0.2, -0.15) is 0 Å². The third kappa shape index (κ3) is 17.4. The van der Waals surface area contributed by atoms with Crippen molar-refractivity contribution in [3.63, 3.8) is 0 Å². The number of allylic oxidation sites excluding steroid dienone is 4. The van der Waals surface area contributed by atoms with Crippen molar-refractivity contribution in [2.75, 3.05) is 6.54 Å².